The molecule has 4 heteroatoms. The third-order valence-electron chi connectivity index (χ3n) is 2.68. The number of carbonyl (C=O) groups excluding carboxylic acids is 1. The molecule has 1 aliphatic carbocycles. The van der Waals surface area contributed by atoms with Gasteiger partial charge in [0.25, 0.3) is 0 Å². The monoisotopic (exact) mass is 231 g/mol. The first-order valence-corrected chi connectivity index (χ1v) is 5.25. The Hall–Kier alpha value is -2.19. The van der Waals surface area contributed by atoms with E-state index < -0.39 is 0 Å². The highest BCUT2D eigenvalue weighted by molar-refractivity contribution is 5.91. The second-order valence-corrected chi connectivity index (χ2v) is 3.64. The summed E-state index contributed by atoms with van der Waals surface area (Å²) in [5, 5.41) is 3.06. The van der Waals surface area contributed by atoms with Gasteiger partial charge in [-0.2, -0.15) is 0 Å². The summed E-state index contributed by atoms with van der Waals surface area (Å²) >= 11 is 0. The lowest BCUT2D eigenvalue weighted by molar-refractivity contribution is -0.136. The highest BCUT2D eigenvalue weighted by Gasteiger charge is 2.36. The second-order valence-electron chi connectivity index (χ2n) is 3.64. The lowest BCUT2D eigenvalue weighted by Crippen LogP contribution is -2.14. The zero-order valence-corrected chi connectivity index (χ0v) is 9.53. The van der Waals surface area contributed by atoms with E-state index >= 15 is 0 Å². The quantitative estimate of drug-likeness (QED) is 0.456. The van der Waals surface area contributed by atoms with Gasteiger partial charge < -0.3 is 14.8 Å². The van der Waals surface area contributed by atoms with Crippen molar-refractivity contribution in [3.05, 3.63) is 54.0 Å². The fourth-order valence-electron chi connectivity index (χ4n) is 1.93. The SMILES string of the molecule is C=C=COC1=C(C(=O)OC)C2CC=CC=C2N1. The van der Waals surface area contributed by atoms with Crippen LogP contribution in [0, 0.1) is 5.92 Å². The molecule has 2 aliphatic rings. The number of methoxy groups -OCH3 is 1. The fraction of sp³-hybridized carbons (Fsp3) is 0.231. The van der Waals surface area contributed by atoms with Gasteiger partial charge in [0.1, 0.15) is 11.8 Å². The van der Waals surface area contributed by atoms with E-state index in [1.807, 2.05) is 18.2 Å². The molecule has 0 aromatic rings. The van der Waals surface area contributed by atoms with Crippen LogP contribution >= 0.6 is 0 Å². The van der Waals surface area contributed by atoms with E-state index in [4.69, 9.17) is 9.47 Å². The number of nitrogens with one attached hydrogen (secondary N) is 1. The Labute approximate surface area is 99.6 Å². The standard InChI is InChI=1S/C13H13NO3/c1-3-8-17-12-11(13(15)16-2)9-6-4-5-7-10(9)14-12/h4-5,7-9,14H,1,6H2,2H3. The Morgan fingerprint density at radius 2 is 2.53 bits per heavy atom. The van der Waals surface area contributed by atoms with E-state index in [0.29, 0.717) is 11.5 Å². The Morgan fingerprint density at radius 3 is 3.24 bits per heavy atom. The van der Waals surface area contributed by atoms with Crippen LogP contribution in [0.2, 0.25) is 0 Å². The summed E-state index contributed by atoms with van der Waals surface area (Å²) in [7, 11) is 1.36. The molecule has 0 aromatic carbocycles. The van der Waals surface area contributed by atoms with Crippen molar-refractivity contribution < 1.29 is 14.3 Å². The average Bonchev–Trinajstić information content (AvgIpc) is 2.73. The third kappa shape index (κ3) is 2.03. The molecule has 0 fully saturated rings. The van der Waals surface area contributed by atoms with E-state index in [9.17, 15) is 4.79 Å². The summed E-state index contributed by atoms with van der Waals surface area (Å²) < 4.78 is 10.1. The molecule has 17 heavy (non-hydrogen) atoms. The summed E-state index contributed by atoms with van der Waals surface area (Å²) in [6.07, 6.45) is 7.93. The summed E-state index contributed by atoms with van der Waals surface area (Å²) in [6.45, 7) is 3.40. The molecule has 1 N–H and O–H groups in total. The Balaban J connectivity index is 2.34. The van der Waals surface area contributed by atoms with E-state index in [-0.39, 0.29) is 11.9 Å². The highest BCUT2D eigenvalue weighted by Crippen LogP contribution is 2.35. The molecule has 1 heterocycles. The van der Waals surface area contributed by atoms with Crippen molar-refractivity contribution >= 4 is 5.97 Å². The van der Waals surface area contributed by atoms with E-state index in [2.05, 4.69) is 17.6 Å². The fourth-order valence-corrected chi connectivity index (χ4v) is 1.93. The Morgan fingerprint density at radius 1 is 1.71 bits per heavy atom. The number of fused-ring (bicyclic) bond motifs is 1. The molecule has 0 saturated heterocycles. The summed E-state index contributed by atoms with van der Waals surface area (Å²) in [4.78, 5) is 11.7. The first kappa shape index (κ1) is 11.3. The molecule has 0 saturated carbocycles. The van der Waals surface area contributed by atoms with Gasteiger partial charge in [-0.05, 0) is 12.5 Å². The molecule has 0 bridgehead atoms. The molecule has 0 radical (unpaired) electrons. The predicted octanol–water partition coefficient (Wildman–Crippen LogP) is 1.75. The largest absolute Gasteiger partial charge is 0.465 e. The molecule has 1 aliphatic heterocycles. The van der Waals surface area contributed by atoms with Crippen molar-refractivity contribution in [2.24, 2.45) is 5.92 Å². The van der Waals surface area contributed by atoms with Gasteiger partial charge in [0.05, 0.1) is 7.11 Å². The van der Waals surface area contributed by atoms with Gasteiger partial charge in [-0.1, -0.05) is 24.5 Å². The number of ether oxygens (including phenoxy) is 2. The molecule has 1 atom stereocenters. The lowest BCUT2D eigenvalue weighted by Gasteiger charge is -2.13. The number of hydrogen-bond donors (Lipinski definition) is 1. The van der Waals surface area contributed by atoms with E-state index in [1.165, 1.54) is 13.4 Å². The first-order chi connectivity index (χ1) is 8.27. The Bertz CT molecular complexity index is 479. The van der Waals surface area contributed by atoms with E-state index in [0.717, 1.165) is 12.1 Å². The maximum absolute atomic E-state index is 11.7. The third-order valence-corrected chi connectivity index (χ3v) is 2.68. The van der Waals surface area contributed by atoms with Crippen molar-refractivity contribution in [2.45, 2.75) is 6.42 Å². The van der Waals surface area contributed by atoms with Crippen LogP contribution < -0.4 is 5.32 Å². The molecule has 4 nitrogen and oxygen atoms in total. The van der Waals surface area contributed by atoms with Gasteiger partial charge in [-0.25, -0.2) is 4.79 Å². The second kappa shape index (κ2) is 4.76. The van der Waals surface area contributed by atoms with Crippen LogP contribution in [0.5, 0.6) is 0 Å². The average molecular weight is 231 g/mol. The zero-order valence-electron chi connectivity index (χ0n) is 9.53. The highest BCUT2D eigenvalue weighted by atomic mass is 16.5. The van der Waals surface area contributed by atoms with Crippen molar-refractivity contribution in [1.82, 2.24) is 5.32 Å². The van der Waals surface area contributed by atoms with Crippen molar-refractivity contribution in [3.8, 4) is 0 Å². The molecule has 0 spiro atoms. The number of hydrogen-bond acceptors (Lipinski definition) is 4. The van der Waals surface area contributed by atoms with Crippen LogP contribution in [0.3, 0.4) is 0 Å². The smallest absolute Gasteiger partial charge is 0.339 e. The summed E-state index contributed by atoms with van der Waals surface area (Å²) in [6, 6.07) is 0. The molecule has 0 amide bonds. The van der Waals surface area contributed by atoms with Crippen molar-refractivity contribution in [1.29, 1.82) is 0 Å². The molecule has 2 rings (SSSR count). The van der Waals surface area contributed by atoms with Crippen LogP contribution in [0.15, 0.2) is 54.0 Å². The van der Waals surface area contributed by atoms with Crippen LogP contribution in [-0.4, -0.2) is 13.1 Å². The number of allylic oxidation sites excluding steroid dienone is 4. The lowest BCUT2D eigenvalue weighted by atomic mass is 9.92. The first-order valence-electron chi connectivity index (χ1n) is 5.25. The molecular formula is C13H13NO3. The molecule has 0 aromatic heterocycles. The van der Waals surface area contributed by atoms with Gasteiger partial charge in [0.15, 0.2) is 0 Å². The normalized spacial score (nSPS) is 21.0. The van der Waals surface area contributed by atoms with Gasteiger partial charge in [-0.15, -0.1) is 0 Å². The van der Waals surface area contributed by atoms with Crippen molar-refractivity contribution in [2.75, 3.05) is 7.11 Å². The van der Waals surface area contributed by atoms with Gasteiger partial charge >= 0.3 is 5.97 Å². The molecule has 88 valence electrons. The minimum atomic E-state index is -0.381. The van der Waals surface area contributed by atoms with Gasteiger partial charge in [-0.3, -0.25) is 0 Å². The minimum Gasteiger partial charge on any atom is -0.465 e. The zero-order chi connectivity index (χ0) is 12.3. The van der Waals surface area contributed by atoms with Crippen molar-refractivity contribution in [3.63, 3.8) is 0 Å². The maximum atomic E-state index is 11.7. The minimum absolute atomic E-state index is 0.0133. The molecular weight excluding hydrogens is 218 g/mol. The Kier molecular flexibility index (Phi) is 3.17. The van der Waals surface area contributed by atoms with Crippen LogP contribution in [0.25, 0.3) is 0 Å². The number of rotatable bonds is 3. The predicted molar refractivity (Wildman–Crippen MR) is 62.3 cm³/mol. The van der Waals surface area contributed by atoms with Crippen LogP contribution in [-0.2, 0) is 14.3 Å². The van der Waals surface area contributed by atoms with E-state index in [1.54, 1.807) is 0 Å². The topological polar surface area (TPSA) is 47.6 Å². The van der Waals surface area contributed by atoms with Gasteiger partial charge in [0, 0.05) is 11.6 Å². The number of esters is 1. The van der Waals surface area contributed by atoms with Crippen LogP contribution in [0.4, 0.5) is 0 Å². The van der Waals surface area contributed by atoms with Gasteiger partial charge in [0.2, 0.25) is 5.88 Å². The summed E-state index contributed by atoms with van der Waals surface area (Å²) in [5.74, 6) is 0.00211. The number of carbonyl (C=O) groups is 1. The molecule has 1 unspecified atom stereocenters. The van der Waals surface area contributed by atoms with Crippen LogP contribution in [0.1, 0.15) is 6.42 Å². The maximum Gasteiger partial charge on any atom is 0.339 e. The summed E-state index contributed by atoms with van der Waals surface area (Å²) in [5.41, 5.74) is 3.95.